The lowest BCUT2D eigenvalue weighted by Gasteiger charge is -2.15. The van der Waals surface area contributed by atoms with Gasteiger partial charge in [-0.3, -0.25) is 14.4 Å². The number of hydrogen-bond donors (Lipinski definition) is 0. The molecule has 1 fully saturated rings. The van der Waals surface area contributed by atoms with Crippen LogP contribution in [0.2, 0.25) is 0 Å². The van der Waals surface area contributed by atoms with Crippen LogP contribution in [0.1, 0.15) is 56.2 Å². The van der Waals surface area contributed by atoms with E-state index in [0.717, 1.165) is 36.4 Å². The van der Waals surface area contributed by atoms with Crippen LogP contribution in [0.5, 0.6) is 0 Å². The van der Waals surface area contributed by atoms with Crippen molar-refractivity contribution in [1.29, 1.82) is 0 Å². The van der Waals surface area contributed by atoms with E-state index in [9.17, 15) is 14.4 Å². The lowest BCUT2D eigenvalue weighted by atomic mass is 10.1. The number of esters is 1. The molecular weight excluding hydrogens is 362 g/mol. The van der Waals surface area contributed by atoms with E-state index in [4.69, 9.17) is 4.74 Å². The third-order valence-corrected chi connectivity index (χ3v) is 5.61. The zero-order valence-electron chi connectivity index (χ0n) is 15.4. The summed E-state index contributed by atoms with van der Waals surface area (Å²) in [7, 11) is 0. The van der Waals surface area contributed by atoms with Gasteiger partial charge < -0.3 is 9.64 Å². The summed E-state index contributed by atoms with van der Waals surface area (Å²) in [5.74, 6) is -0.373. The van der Waals surface area contributed by atoms with Crippen LogP contribution < -0.4 is 0 Å². The SMILES string of the molecule is Cc1ccc(C(=O)CCC(=O)OCc2ccc(C(=O)N3CCCC3)cc2)s1. The Bertz CT molecular complexity index is 819. The standard InChI is InChI=1S/C21H23NO4S/c1-15-4-10-19(27-15)18(23)9-11-20(24)26-14-16-5-7-17(8-6-16)21(25)22-12-2-3-13-22/h4-8,10H,2-3,9,11-14H2,1H3. The third kappa shape index (κ3) is 5.26. The first-order chi connectivity index (χ1) is 13.0. The van der Waals surface area contributed by atoms with Gasteiger partial charge in [0.05, 0.1) is 11.3 Å². The van der Waals surface area contributed by atoms with Crippen molar-refractivity contribution in [2.45, 2.75) is 39.2 Å². The maximum Gasteiger partial charge on any atom is 0.306 e. The highest BCUT2D eigenvalue weighted by Crippen LogP contribution is 2.18. The van der Waals surface area contributed by atoms with Gasteiger partial charge in [-0.2, -0.15) is 0 Å². The molecule has 1 aliphatic heterocycles. The molecule has 1 amide bonds. The van der Waals surface area contributed by atoms with E-state index < -0.39 is 5.97 Å². The first kappa shape index (κ1) is 19.3. The average molecular weight is 385 g/mol. The Labute approximate surface area is 162 Å². The van der Waals surface area contributed by atoms with Gasteiger partial charge in [0.15, 0.2) is 5.78 Å². The quantitative estimate of drug-likeness (QED) is 0.534. The number of thiophene rings is 1. The van der Waals surface area contributed by atoms with E-state index in [1.165, 1.54) is 11.3 Å². The molecule has 1 aromatic carbocycles. The molecule has 0 N–H and O–H groups in total. The Morgan fingerprint density at radius 1 is 1.00 bits per heavy atom. The maximum absolute atomic E-state index is 12.3. The van der Waals surface area contributed by atoms with Crippen LogP contribution >= 0.6 is 11.3 Å². The molecule has 142 valence electrons. The van der Waals surface area contributed by atoms with Gasteiger partial charge in [-0.25, -0.2) is 0 Å². The van der Waals surface area contributed by atoms with Crippen molar-refractivity contribution in [3.05, 3.63) is 57.3 Å². The summed E-state index contributed by atoms with van der Waals surface area (Å²) in [4.78, 5) is 39.8. The van der Waals surface area contributed by atoms with E-state index >= 15 is 0 Å². The van der Waals surface area contributed by atoms with Gasteiger partial charge in [-0.05, 0) is 49.6 Å². The number of nitrogens with zero attached hydrogens (tertiary/aromatic N) is 1. The Morgan fingerprint density at radius 3 is 2.33 bits per heavy atom. The van der Waals surface area contributed by atoms with E-state index in [1.807, 2.05) is 17.9 Å². The van der Waals surface area contributed by atoms with Crippen molar-refractivity contribution in [3.63, 3.8) is 0 Å². The molecule has 1 saturated heterocycles. The van der Waals surface area contributed by atoms with Gasteiger partial charge in [-0.15, -0.1) is 11.3 Å². The van der Waals surface area contributed by atoms with Gasteiger partial charge in [0.25, 0.3) is 5.91 Å². The number of carbonyl (C=O) groups excluding carboxylic acids is 3. The number of benzene rings is 1. The number of Topliss-reactive ketones (excluding diaryl/α,β-unsaturated/α-hetero) is 1. The molecule has 2 aromatic rings. The number of ketones is 1. The molecule has 27 heavy (non-hydrogen) atoms. The fourth-order valence-corrected chi connectivity index (χ4v) is 3.84. The number of aryl methyl sites for hydroxylation is 1. The van der Waals surface area contributed by atoms with Gasteiger partial charge in [0.2, 0.25) is 0 Å². The topological polar surface area (TPSA) is 63.7 Å². The van der Waals surface area contributed by atoms with Crippen molar-refractivity contribution in [2.75, 3.05) is 13.1 Å². The van der Waals surface area contributed by atoms with Gasteiger partial charge in [0.1, 0.15) is 6.61 Å². The Kier molecular flexibility index (Phi) is 6.40. The molecule has 0 radical (unpaired) electrons. The lowest BCUT2D eigenvalue weighted by molar-refractivity contribution is -0.144. The number of carbonyl (C=O) groups is 3. The summed E-state index contributed by atoms with van der Waals surface area (Å²) >= 11 is 1.44. The van der Waals surface area contributed by atoms with Crippen LogP contribution in [0.3, 0.4) is 0 Å². The van der Waals surface area contributed by atoms with E-state index in [2.05, 4.69) is 0 Å². The predicted octanol–water partition coefficient (Wildman–Crippen LogP) is 4.00. The normalized spacial score (nSPS) is 13.6. The molecule has 0 bridgehead atoms. The minimum Gasteiger partial charge on any atom is -0.461 e. The summed E-state index contributed by atoms with van der Waals surface area (Å²) in [5.41, 5.74) is 1.48. The summed E-state index contributed by atoms with van der Waals surface area (Å²) in [6, 6.07) is 10.8. The second-order valence-corrected chi connectivity index (χ2v) is 7.98. The van der Waals surface area contributed by atoms with Crippen LogP contribution in [0, 0.1) is 6.92 Å². The molecule has 1 aliphatic rings. The van der Waals surface area contributed by atoms with Crippen LogP contribution in [0.4, 0.5) is 0 Å². The first-order valence-electron chi connectivity index (χ1n) is 9.16. The van der Waals surface area contributed by atoms with E-state index in [1.54, 1.807) is 30.3 Å². The summed E-state index contributed by atoms with van der Waals surface area (Å²) in [6.07, 6.45) is 2.35. The number of amides is 1. The average Bonchev–Trinajstić information content (AvgIpc) is 3.36. The number of rotatable bonds is 7. The zero-order valence-corrected chi connectivity index (χ0v) is 16.2. The van der Waals surface area contributed by atoms with Gasteiger partial charge in [0, 0.05) is 30.0 Å². The van der Waals surface area contributed by atoms with Crippen molar-refractivity contribution in [1.82, 2.24) is 4.90 Å². The predicted molar refractivity (Wildman–Crippen MR) is 104 cm³/mol. The number of likely N-dealkylation sites (tertiary alicyclic amines) is 1. The Morgan fingerprint density at radius 2 is 1.70 bits per heavy atom. The third-order valence-electron chi connectivity index (χ3n) is 4.57. The smallest absolute Gasteiger partial charge is 0.306 e. The minimum atomic E-state index is -0.395. The van der Waals surface area contributed by atoms with E-state index in [0.29, 0.717) is 10.4 Å². The Balaban J connectivity index is 1.43. The summed E-state index contributed by atoms with van der Waals surface area (Å²) in [6.45, 7) is 3.73. The molecule has 6 heteroatoms. The second-order valence-electron chi connectivity index (χ2n) is 6.69. The molecule has 1 aromatic heterocycles. The fourth-order valence-electron chi connectivity index (χ4n) is 3.01. The van der Waals surface area contributed by atoms with Crippen molar-refractivity contribution < 1.29 is 19.1 Å². The monoisotopic (exact) mass is 385 g/mol. The lowest BCUT2D eigenvalue weighted by Crippen LogP contribution is -2.27. The minimum absolute atomic E-state index is 0.0326. The largest absolute Gasteiger partial charge is 0.461 e. The van der Waals surface area contributed by atoms with E-state index in [-0.39, 0.29) is 31.1 Å². The maximum atomic E-state index is 12.3. The molecule has 0 unspecified atom stereocenters. The van der Waals surface area contributed by atoms with Crippen LogP contribution in [-0.4, -0.2) is 35.6 Å². The highest BCUT2D eigenvalue weighted by Gasteiger charge is 2.19. The van der Waals surface area contributed by atoms with Gasteiger partial charge in [-0.1, -0.05) is 12.1 Å². The molecule has 0 aliphatic carbocycles. The first-order valence-corrected chi connectivity index (χ1v) is 9.98. The summed E-state index contributed by atoms with van der Waals surface area (Å²) in [5, 5.41) is 0. The highest BCUT2D eigenvalue weighted by atomic mass is 32.1. The second kappa shape index (κ2) is 8.95. The molecule has 0 saturated carbocycles. The Hall–Kier alpha value is -2.47. The summed E-state index contributed by atoms with van der Waals surface area (Å²) < 4.78 is 5.24. The number of hydrogen-bond acceptors (Lipinski definition) is 5. The van der Waals surface area contributed by atoms with Crippen molar-refractivity contribution in [3.8, 4) is 0 Å². The van der Waals surface area contributed by atoms with Crippen molar-refractivity contribution >= 4 is 29.0 Å². The molecule has 2 heterocycles. The molecule has 3 rings (SSSR count). The number of ether oxygens (including phenoxy) is 1. The molecular formula is C21H23NO4S. The molecule has 0 atom stereocenters. The fraction of sp³-hybridized carbons (Fsp3) is 0.381. The van der Waals surface area contributed by atoms with Crippen LogP contribution in [0.15, 0.2) is 36.4 Å². The molecule has 0 spiro atoms. The highest BCUT2D eigenvalue weighted by molar-refractivity contribution is 7.14. The van der Waals surface area contributed by atoms with Crippen molar-refractivity contribution in [2.24, 2.45) is 0 Å². The van der Waals surface area contributed by atoms with Gasteiger partial charge >= 0.3 is 5.97 Å². The zero-order chi connectivity index (χ0) is 19.2. The van der Waals surface area contributed by atoms with Crippen LogP contribution in [0.25, 0.3) is 0 Å². The molecule has 5 nitrogen and oxygen atoms in total. The van der Waals surface area contributed by atoms with Crippen LogP contribution in [-0.2, 0) is 16.1 Å².